The molecule has 0 fully saturated rings. The Morgan fingerprint density at radius 3 is 3.36 bits per heavy atom. The molecule has 0 spiro atoms. The van der Waals surface area contributed by atoms with Crippen LogP contribution >= 0.6 is 0 Å². The van der Waals surface area contributed by atoms with Crippen LogP contribution < -0.4 is 11.1 Å². The lowest BCUT2D eigenvalue weighted by molar-refractivity contribution is 0.515. The average molecular weight is 191 g/mol. The van der Waals surface area contributed by atoms with Gasteiger partial charge in [0.05, 0.1) is 11.7 Å². The fourth-order valence-corrected chi connectivity index (χ4v) is 1.99. The molecule has 1 aromatic rings. The van der Waals surface area contributed by atoms with Crippen molar-refractivity contribution in [1.82, 2.24) is 10.3 Å². The molecule has 1 heterocycles. The number of nitrogens with one attached hydrogen (secondary N) is 1. The summed E-state index contributed by atoms with van der Waals surface area (Å²) in [6.45, 7) is 1.76. The predicted octanol–water partition coefficient (Wildman–Crippen LogP) is 1.01. The van der Waals surface area contributed by atoms with Gasteiger partial charge in [-0.3, -0.25) is 4.98 Å². The largest absolute Gasteiger partial charge is 0.330 e. The topological polar surface area (TPSA) is 50.9 Å². The molecular weight excluding hydrogens is 174 g/mol. The highest BCUT2D eigenvalue weighted by atomic mass is 14.9. The van der Waals surface area contributed by atoms with E-state index in [0.717, 1.165) is 25.9 Å². The van der Waals surface area contributed by atoms with Gasteiger partial charge in [0.15, 0.2) is 0 Å². The first kappa shape index (κ1) is 9.62. The highest BCUT2D eigenvalue weighted by molar-refractivity contribution is 5.27. The molecule has 1 unspecified atom stereocenters. The molecule has 0 bridgehead atoms. The normalized spacial score (nSPS) is 19.6. The molecule has 14 heavy (non-hydrogen) atoms. The van der Waals surface area contributed by atoms with Gasteiger partial charge in [0.25, 0.3) is 0 Å². The first-order chi connectivity index (χ1) is 6.92. The summed E-state index contributed by atoms with van der Waals surface area (Å²) in [7, 11) is 0. The molecule has 1 atom stereocenters. The van der Waals surface area contributed by atoms with Crippen LogP contribution in [0.4, 0.5) is 0 Å². The first-order valence-corrected chi connectivity index (χ1v) is 5.29. The Morgan fingerprint density at radius 2 is 2.50 bits per heavy atom. The van der Waals surface area contributed by atoms with E-state index in [0.29, 0.717) is 6.04 Å². The van der Waals surface area contributed by atoms with Gasteiger partial charge >= 0.3 is 0 Å². The predicted molar refractivity (Wildman–Crippen MR) is 57.0 cm³/mol. The van der Waals surface area contributed by atoms with Crippen LogP contribution in [0.3, 0.4) is 0 Å². The van der Waals surface area contributed by atoms with Gasteiger partial charge in [-0.05, 0) is 44.0 Å². The molecule has 1 aliphatic carbocycles. The van der Waals surface area contributed by atoms with E-state index >= 15 is 0 Å². The molecule has 0 saturated carbocycles. The van der Waals surface area contributed by atoms with Crippen LogP contribution in [0, 0.1) is 0 Å². The number of aryl methyl sites for hydroxylation is 1. The number of pyridine rings is 1. The third-order valence-electron chi connectivity index (χ3n) is 2.73. The highest BCUT2D eigenvalue weighted by Crippen LogP contribution is 2.28. The maximum absolute atomic E-state index is 5.45. The summed E-state index contributed by atoms with van der Waals surface area (Å²) in [5.74, 6) is 0. The molecular formula is C11H17N3. The minimum absolute atomic E-state index is 0.456. The van der Waals surface area contributed by atoms with Crippen molar-refractivity contribution in [3.05, 3.63) is 29.6 Å². The molecule has 0 radical (unpaired) electrons. The van der Waals surface area contributed by atoms with E-state index in [1.807, 2.05) is 12.3 Å². The molecule has 0 aliphatic heterocycles. The van der Waals surface area contributed by atoms with Crippen LogP contribution in [0.5, 0.6) is 0 Å². The van der Waals surface area contributed by atoms with E-state index in [4.69, 9.17) is 5.73 Å². The van der Waals surface area contributed by atoms with Crippen molar-refractivity contribution in [2.45, 2.75) is 25.3 Å². The Labute approximate surface area is 84.7 Å². The van der Waals surface area contributed by atoms with Crippen molar-refractivity contribution in [1.29, 1.82) is 0 Å². The molecule has 0 aromatic carbocycles. The molecule has 3 heteroatoms. The summed E-state index contributed by atoms with van der Waals surface area (Å²) < 4.78 is 0. The van der Waals surface area contributed by atoms with Gasteiger partial charge < -0.3 is 11.1 Å². The molecule has 76 valence electrons. The molecule has 3 N–H and O–H groups in total. The second-order valence-electron chi connectivity index (χ2n) is 3.74. The summed E-state index contributed by atoms with van der Waals surface area (Å²) in [5, 5.41) is 3.50. The summed E-state index contributed by atoms with van der Waals surface area (Å²) in [6.07, 6.45) is 5.25. The summed E-state index contributed by atoms with van der Waals surface area (Å²) in [5.41, 5.74) is 8.09. The fourth-order valence-electron chi connectivity index (χ4n) is 1.99. The smallest absolute Gasteiger partial charge is 0.0605 e. The number of hydrogen-bond acceptors (Lipinski definition) is 3. The zero-order valence-electron chi connectivity index (χ0n) is 8.37. The van der Waals surface area contributed by atoms with Crippen molar-refractivity contribution >= 4 is 0 Å². The van der Waals surface area contributed by atoms with Crippen molar-refractivity contribution in [2.75, 3.05) is 13.1 Å². The lowest BCUT2D eigenvalue weighted by Gasteiger charge is -2.12. The zero-order valence-corrected chi connectivity index (χ0v) is 8.37. The van der Waals surface area contributed by atoms with Crippen LogP contribution in [0.25, 0.3) is 0 Å². The molecule has 1 aromatic heterocycles. The molecule has 2 rings (SSSR count). The van der Waals surface area contributed by atoms with Gasteiger partial charge in [-0.2, -0.15) is 0 Å². The Kier molecular flexibility index (Phi) is 3.11. The zero-order chi connectivity index (χ0) is 9.80. The van der Waals surface area contributed by atoms with Crippen LogP contribution in [-0.2, 0) is 6.42 Å². The van der Waals surface area contributed by atoms with Gasteiger partial charge in [-0.25, -0.2) is 0 Å². The number of aromatic nitrogens is 1. The lowest BCUT2D eigenvalue weighted by Crippen LogP contribution is -2.22. The van der Waals surface area contributed by atoms with Crippen LogP contribution in [0.2, 0.25) is 0 Å². The number of nitrogens with two attached hydrogens (primary N) is 1. The second-order valence-corrected chi connectivity index (χ2v) is 3.74. The van der Waals surface area contributed by atoms with E-state index in [2.05, 4.69) is 16.4 Å². The Hall–Kier alpha value is -0.930. The van der Waals surface area contributed by atoms with Crippen LogP contribution in [-0.4, -0.2) is 18.1 Å². The van der Waals surface area contributed by atoms with Crippen molar-refractivity contribution in [3.63, 3.8) is 0 Å². The number of rotatable bonds is 4. The fraction of sp³-hybridized carbons (Fsp3) is 0.545. The molecule has 0 saturated heterocycles. The Balaban J connectivity index is 1.96. The maximum Gasteiger partial charge on any atom is 0.0605 e. The third kappa shape index (κ3) is 1.94. The summed E-state index contributed by atoms with van der Waals surface area (Å²) in [4.78, 5) is 4.43. The van der Waals surface area contributed by atoms with Gasteiger partial charge in [0.2, 0.25) is 0 Å². The Bertz CT molecular complexity index is 298. The van der Waals surface area contributed by atoms with Gasteiger partial charge in [0.1, 0.15) is 0 Å². The molecule has 1 aliphatic rings. The number of nitrogens with zero attached hydrogens (tertiary/aromatic N) is 1. The van der Waals surface area contributed by atoms with E-state index in [1.165, 1.54) is 17.7 Å². The van der Waals surface area contributed by atoms with Gasteiger partial charge in [-0.1, -0.05) is 6.07 Å². The highest BCUT2D eigenvalue weighted by Gasteiger charge is 2.22. The number of fused-ring (bicyclic) bond motifs is 1. The van der Waals surface area contributed by atoms with Crippen LogP contribution in [0.1, 0.15) is 30.1 Å². The van der Waals surface area contributed by atoms with Crippen molar-refractivity contribution < 1.29 is 0 Å². The van der Waals surface area contributed by atoms with E-state index in [1.54, 1.807) is 0 Å². The summed E-state index contributed by atoms with van der Waals surface area (Å²) in [6, 6.07) is 4.64. The second kappa shape index (κ2) is 4.53. The van der Waals surface area contributed by atoms with E-state index in [9.17, 15) is 0 Å². The third-order valence-corrected chi connectivity index (χ3v) is 2.73. The number of hydrogen-bond donors (Lipinski definition) is 2. The average Bonchev–Trinajstić information content (AvgIpc) is 2.63. The SMILES string of the molecule is NCCCNC1CCc2cccnc21. The summed E-state index contributed by atoms with van der Waals surface area (Å²) >= 11 is 0. The molecule has 3 nitrogen and oxygen atoms in total. The standard InChI is InChI=1S/C11H17N3/c12-6-2-8-13-10-5-4-9-3-1-7-14-11(9)10/h1,3,7,10,13H,2,4-6,8,12H2. The van der Waals surface area contributed by atoms with Gasteiger partial charge in [0, 0.05) is 6.20 Å². The monoisotopic (exact) mass is 191 g/mol. The molecule has 0 amide bonds. The van der Waals surface area contributed by atoms with E-state index < -0.39 is 0 Å². The van der Waals surface area contributed by atoms with Gasteiger partial charge in [-0.15, -0.1) is 0 Å². The minimum atomic E-state index is 0.456. The quantitative estimate of drug-likeness (QED) is 0.698. The van der Waals surface area contributed by atoms with Crippen molar-refractivity contribution in [3.8, 4) is 0 Å². The van der Waals surface area contributed by atoms with Crippen LogP contribution in [0.15, 0.2) is 18.3 Å². The maximum atomic E-state index is 5.45. The minimum Gasteiger partial charge on any atom is -0.330 e. The Morgan fingerprint density at radius 1 is 1.57 bits per heavy atom. The lowest BCUT2D eigenvalue weighted by atomic mass is 10.2. The first-order valence-electron chi connectivity index (χ1n) is 5.29. The van der Waals surface area contributed by atoms with E-state index in [-0.39, 0.29) is 0 Å². The van der Waals surface area contributed by atoms with Crippen molar-refractivity contribution in [2.24, 2.45) is 5.73 Å².